The Balaban J connectivity index is 1.77. The number of amides is 1. The van der Waals surface area contributed by atoms with Crippen molar-refractivity contribution in [1.29, 1.82) is 0 Å². The molecule has 0 bridgehead atoms. The first-order chi connectivity index (χ1) is 11.5. The van der Waals surface area contributed by atoms with Crippen LogP contribution in [0, 0.1) is 11.3 Å². The molecule has 7 nitrogen and oxygen atoms in total. The van der Waals surface area contributed by atoms with Gasteiger partial charge in [0, 0.05) is 26.2 Å². The summed E-state index contributed by atoms with van der Waals surface area (Å²) in [4.78, 5) is 25.7. The molecule has 1 aromatic carbocycles. The van der Waals surface area contributed by atoms with E-state index in [0.29, 0.717) is 37.7 Å². The molecule has 2 heterocycles. The number of carboxylic acids is 1. The van der Waals surface area contributed by atoms with Crippen molar-refractivity contribution < 1.29 is 24.2 Å². The number of likely N-dealkylation sites (tertiary alicyclic amines) is 1. The summed E-state index contributed by atoms with van der Waals surface area (Å²) in [5.74, 6) is -0.217. The minimum Gasteiger partial charge on any atom is -0.493 e. The van der Waals surface area contributed by atoms with E-state index in [1.54, 1.807) is 7.11 Å². The highest BCUT2D eigenvalue weighted by Gasteiger charge is 2.59. The van der Waals surface area contributed by atoms with Crippen molar-refractivity contribution in [3.05, 3.63) is 23.8 Å². The van der Waals surface area contributed by atoms with Gasteiger partial charge in [0.25, 0.3) is 0 Å². The van der Waals surface area contributed by atoms with Gasteiger partial charge in [-0.25, -0.2) is 0 Å². The van der Waals surface area contributed by atoms with Crippen LogP contribution in [-0.4, -0.2) is 55.2 Å². The summed E-state index contributed by atoms with van der Waals surface area (Å²) in [5.41, 5.74) is -0.00748. The molecule has 0 radical (unpaired) electrons. The van der Waals surface area contributed by atoms with Gasteiger partial charge in [0.15, 0.2) is 11.5 Å². The van der Waals surface area contributed by atoms with Crippen LogP contribution in [0.25, 0.3) is 0 Å². The van der Waals surface area contributed by atoms with E-state index in [0.717, 1.165) is 5.56 Å². The normalized spacial score (nSPS) is 26.1. The van der Waals surface area contributed by atoms with Crippen LogP contribution < -0.4 is 14.8 Å². The zero-order chi connectivity index (χ0) is 17.3. The summed E-state index contributed by atoms with van der Waals surface area (Å²) in [6.07, 6.45) is 0. The lowest BCUT2D eigenvalue weighted by molar-refractivity contribution is -0.149. The number of rotatable bonds is 6. The van der Waals surface area contributed by atoms with Crippen LogP contribution in [0.1, 0.15) is 12.5 Å². The highest BCUT2D eigenvalue weighted by molar-refractivity contribution is 5.92. The molecule has 7 heteroatoms. The van der Waals surface area contributed by atoms with Crippen LogP contribution in [0.2, 0.25) is 0 Å². The largest absolute Gasteiger partial charge is 0.493 e. The van der Waals surface area contributed by atoms with Gasteiger partial charge in [0.2, 0.25) is 5.91 Å². The molecule has 3 rings (SSSR count). The number of methoxy groups -OCH3 is 1. The average Bonchev–Trinajstić information content (AvgIpc) is 3.06. The van der Waals surface area contributed by atoms with Gasteiger partial charge in [0.1, 0.15) is 5.41 Å². The molecule has 0 aromatic heterocycles. The molecule has 2 aliphatic rings. The summed E-state index contributed by atoms with van der Waals surface area (Å²) in [6, 6.07) is 5.68. The minimum atomic E-state index is -1.01. The van der Waals surface area contributed by atoms with Crippen molar-refractivity contribution in [3.63, 3.8) is 0 Å². The Bertz CT molecular complexity index is 662. The molecule has 2 fully saturated rings. The average molecular weight is 334 g/mol. The highest BCUT2D eigenvalue weighted by atomic mass is 16.5. The lowest BCUT2D eigenvalue weighted by Crippen LogP contribution is -2.40. The Morgan fingerprint density at radius 1 is 1.46 bits per heavy atom. The van der Waals surface area contributed by atoms with Gasteiger partial charge < -0.3 is 19.9 Å². The molecule has 1 amide bonds. The maximum atomic E-state index is 11.9. The fourth-order valence-electron chi connectivity index (χ4n) is 3.65. The number of hydrogen-bond acceptors (Lipinski definition) is 5. The smallest absolute Gasteiger partial charge is 0.313 e. The fourth-order valence-corrected chi connectivity index (χ4v) is 3.65. The first kappa shape index (κ1) is 16.6. The lowest BCUT2D eigenvalue weighted by Gasteiger charge is -2.22. The molecular weight excluding hydrogens is 312 g/mol. The third kappa shape index (κ3) is 2.69. The second kappa shape index (κ2) is 6.32. The van der Waals surface area contributed by atoms with Gasteiger partial charge in [-0.05, 0) is 24.6 Å². The third-order valence-electron chi connectivity index (χ3n) is 4.87. The summed E-state index contributed by atoms with van der Waals surface area (Å²) in [5, 5.41) is 12.3. The van der Waals surface area contributed by atoms with E-state index in [4.69, 9.17) is 9.47 Å². The van der Waals surface area contributed by atoms with Crippen LogP contribution in [-0.2, 0) is 16.1 Å². The molecule has 0 aliphatic carbocycles. The quantitative estimate of drug-likeness (QED) is 0.797. The number of nitrogens with one attached hydrogen (secondary N) is 1. The number of fused-ring (bicyclic) bond motifs is 1. The van der Waals surface area contributed by atoms with Crippen LogP contribution in [0.15, 0.2) is 18.2 Å². The van der Waals surface area contributed by atoms with E-state index >= 15 is 0 Å². The Labute approximate surface area is 140 Å². The Hall–Kier alpha value is -2.28. The van der Waals surface area contributed by atoms with E-state index in [-0.39, 0.29) is 12.5 Å². The van der Waals surface area contributed by atoms with E-state index < -0.39 is 17.3 Å². The summed E-state index contributed by atoms with van der Waals surface area (Å²) in [6.45, 7) is 4.03. The van der Waals surface area contributed by atoms with Crippen molar-refractivity contribution >= 4 is 11.9 Å². The van der Waals surface area contributed by atoms with Crippen molar-refractivity contribution in [2.24, 2.45) is 11.3 Å². The number of carbonyl (C=O) groups is 2. The predicted molar refractivity (Wildman–Crippen MR) is 86.0 cm³/mol. The highest BCUT2D eigenvalue weighted by Crippen LogP contribution is 2.40. The fraction of sp³-hybridized carbons (Fsp3) is 0.529. The number of carbonyl (C=O) groups excluding carboxylic acids is 1. The molecule has 0 spiro atoms. The molecule has 130 valence electrons. The molecular formula is C17H22N2O5. The van der Waals surface area contributed by atoms with E-state index in [1.165, 1.54) is 0 Å². The van der Waals surface area contributed by atoms with E-state index in [2.05, 4.69) is 5.32 Å². The number of benzene rings is 1. The standard InChI is InChI=1S/C17H22N2O5/c1-3-24-14-6-11(4-5-13(14)23-2)7-19-8-12-15(20)18-9-17(12,10-19)16(21)22/h4-6,12H,3,7-10H2,1-2H3,(H,18,20)(H,21,22)/t12-,17+/m0/s1. The third-order valence-corrected chi connectivity index (χ3v) is 4.87. The zero-order valence-electron chi connectivity index (χ0n) is 13.9. The lowest BCUT2D eigenvalue weighted by atomic mass is 9.81. The monoisotopic (exact) mass is 334 g/mol. The van der Waals surface area contributed by atoms with Crippen molar-refractivity contribution in [3.8, 4) is 11.5 Å². The molecule has 2 N–H and O–H groups in total. The van der Waals surface area contributed by atoms with Gasteiger partial charge >= 0.3 is 5.97 Å². The van der Waals surface area contributed by atoms with Crippen LogP contribution in [0.5, 0.6) is 11.5 Å². The molecule has 24 heavy (non-hydrogen) atoms. The molecule has 1 aromatic rings. The first-order valence-corrected chi connectivity index (χ1v) is 8.03. The summed E-state index contributed by atoms with van der Waals surface area (Å²) in [7, 11) is 1.59. The molecule has 2 aliphatic heterocycles. The summed E-state index contributed by atoms with van der Waals surface area (Å²) < 4.78 is 10.9. The molecule has 2 atom stereocenters. The van der Waals surface area contributed by atoms with Gasteiger partial charge in [-0.1, -0.05) is 6.07 Å². The maximum absolute atomic E-state index is 11.9. The van der Waals surface area contributed by atoms with Crippen LogP contribution in [0.4, 0.5) is 0 Å². The number of carboxylic acid groups (broad SMARTS) is 1. The Kier molecular flexibility index (Phi) is 4.36. The van der Waals surface area contributed by atoms with E-state index in [9.17, 15) is 14.7 Å². The van der Waals surface area contributed by atoms with E-state index in [1.807, 2.05) is 30.0 Å². The van der Waals surface area contributed by atoms with Crippen LogP contribution in [0.3, 0.4) is 0 Å². The number of hydrogen-bond donors (Lipinski definition) is 2. The Morgan fingerprint density at radius 3 is 2.88 bits per heavy atom. The number of ether oxygens (including phenoxy) is 2. The molecule has 0 saturated carbocycles. The SMILES string of the molecule is CCOc1cc(CN2C[C@H]3C(=O)NC[C@@]3(C(=O)O)C2)ccc1OC. The van der Waals surface area contributed by atoms with Crippen molar-refractivity contribution in [1.82, 2.24) is 10.2 Å². The Morgan fingerprint density at radius 2 is 2.25 bits per heavy atom. The topological polar surface area (TPSA) is 88.1 Å². The molecule has 2 saturated heterocycles. The maximum Gasteiger partial charge on any atom is 0.313 e. The van der Waals surface area contributed by atoms with Gasteiger partial charge in [-0.3, -0.25) is 14.5 Å². The van der Waals surface area contributed by atoms with Crippen molar-refractivity contribution in [2.45, 2.75) is 13.5 Å². The second-order valence-electron chi connectivity index (χ2n) is 6.32. The number of aliphatic carboxylic acids is 1. The molecule has 0 unspecified atom stereocenters. The zero-order valence-corrected chi connectivity index (χ0v) is 13.9. The predicted octanol–water partition coefficient (Wildman–Crippen LogP) is 0.726. The van der Waals surface area contributed by atoms with Crippen LogP contribution >= 0.6 is 0 Å². The first-order valence-electron chi connectivity index (χ1n) is 8.03. The van der Waals surface area contributed by atoms with Gasteiger partial charge in [-0.15, -0.1) is 0 Å². The second-order valence-corrected chi connectivity index (χ2v) is 6.32. The minimum absolute atomic E-state index is 0.162. The summed E-state index contributed by atoms with van der Waals surface area (Å²) >= 11 is 0. The number of nitrogens with zero attached hydrogens (tertiary/aromatic N) is 1. The van der Waals surface area contributed by atoms with Crippen molar-refractivity contribution in [2.75, 3.05) is 33.4 Å². The van der Waals surface area contributed by atoms with Gasteiger partial charge in [0.05, 0.1) is 19.6 Å². The van der Waals surface area contributed by atoms with Gasteiger partial charge in [-0.2, -0.15) is 0 Å².